The second-order valence-corrected chi connectivity index (χ2v) is 4.97. The van der Waals surface area contributed by atoms with Crippen molar-refractivity contribution in [2.24, 2.45) is 10.7 Å². The van der Waals surface area contributed by atoms with E-state index in [1.54, 1.807) is 0 Å². The molecule has 0 spiro atoms. The van der Waals surface area contributed by atoms with Crippen LogP contribution >= 0.6 is 0 Å². The molecule has 1 heterocycles. The molecule has 20 heavy (non-hydrogen) atoms. The Kier molecular flexibility index (Phi) is 4.40. The number of guanidine groups is 1. The quantitative estimate of drug-likeness (QED) is 0.662. The molecular weight excluding hydrogens is 250 g/mol. The summed E-state index contributed by atoms with van der Waals surface area (Å²) in [5.74, 6) is 0.428. The molecule has 2 rings (SSSR count). The summed E-state index contributed by atoms with van der Waals surface area (Å²) in [7, 11) is 0. The van der Waals surface area contributed by atoms with Gasteiger partial charge < -0.3 is 11.1 Å². The molecule has 0 bridgehead atoms. The predicted octanol–water partition coefficient (Wildman–Crippen LogP) is 2.24. The van der Waals surface area contributed by atoms with Crippen molar-refractivity contribution >= 4 is 11.6 Å². The van der Waals surface area contributed by atoms with E-state index in [-0.39, 0.29) is 0 Å². The molecule has 0 aliphatic rings. The minimum Gasteiger partial charge on any atom is -0.370 e. The van der Waals surface area contributed by atoms with Crippen molar-refractivity contribution in [1.29, 1.82) is 0 Å². The lowest BCUT2D eigenvalue weighted by molar-refractivity contribution is 0.625. The van der Waals surface area contributed by atoms with Gasteiger partial charge in [-0.3, -0.25) is 9.67 Å². The van der Waals surface area contributed by atoms with Crippen molar-refractivity contribution in [2.45, 2.75) is 27.3 Å². The number of aromatic nitrogens is 2. The van der Waals surface area contributed by atoms with Gasteiger partial charge in [0.05, 0.1) is 19.3 Å². The van der Waals surface area contributed by atoms with Gasteiger partial charge in [0.2, 0.25) is 0 Å². The minimum absolute atomic E-state index is 0.428. The van der Waals surface area contributed by atoms with E-state index in [2.05, 4.69) is 41.4 Å². The van der Waals surface area contributed by atoms with Gasteiger partial charge in [-0.15, -0.1) is 0 Å². The molecule has 0 atom stereocenters. The SMILES string of the molecule is Cc1cnn(CCN=C(N)Nc2ccc(C)c(C)c2)c1. The molecule has 5 heteroatoms. The van der Waals surface area contributed by atoms with Gasteiger partial charge in [-0.25, -0.2) is 0 Å². The third-order valence-electron chi connectivity index (χ3n) is 3.15. The van der Waals surface area contributed by atoms with Crippen molar-refractivity contribution in [3.8, 4) is 0 Å². The van der Waals surface area contributed by atoms with Crippen LogP contribution in [0.3, 0.4) is 0 Å². The molecule has 0 radical (unpaired) electrons. The Morgan fingerprint density at radius 1 is 1.30 bits per heavy atom. The van der Waals surface area contributed by atoms with Crippen LogP contribution in [0, 0.1) is 20.8 Å². The van der Waals surface area contributed by atoms with Crippen molar-refractivity contribution < 1.29 is 0 Å². The number of rotatable bonds is 4. The molecule has 0 amide bonds. The molecule has 106 valence electrons. The Morgan fingerprint density at radius 3 is 2.75 bits per heavy atom. The highest BCUT2D eigenvalue weighted by Crippen LogP contribution is 2.13. The molecule has 0 aliphatic carbocycles. The number of nitrogens with zero attached hydrogens (tertiary/aromatic N) is 3. The number of nitrogens with one attached hydrogen (secondary N) is 1. The van der Waals surface area contributed by atoms with Crippen LogP contribution in [0.4, 0.5) is 5.69 Å². The van der Waals surface area contributed by atoms with Gasteiger partial charge in [0.25, 0.3) is 0 Å². The number of aliphatic imine (C=N–C) groups is 1. The van der Waals surface area contributed by atoms with Crippen molar-refractivity contribution in [1.82, 2.24) is 9.78 Å². The molecule has 0 aliphatic heterocycles. The number of hydrogen-bond donors (Lipinski definition) is 2. The van der Waals surface area contributed by atoms with E-state index < -0.39 is 0 Å². The maximum Gasteiger partial charge on any atom is 0.193 e. The van der Waals surface area contributed by atoms with E-state index in [0.29, 0.717) is 12.5 Å². The zero-order chi connectivity index (χ0) is 14.5. The Bertz CT molecular complexity index is 612. The first-order chi connectivity index (χ1) is 9.54. The highest BCUT2D eigenvalue weighted by atomic mass is 15.3. The van der Waals surface area contributed by atoms with Gasteiger partial charge in [-0.2, -0.15) is 5.10 Å². The first-order valence-corrected chi connectivity index (χ1v) is 6.68. The van der Waals surface area contributed by atoms with Crippen molar-refractivity contribution in [3.05, 3.63) is 47.3 Å². The number of anilines is 1. The number of nitrogens with two attached hydrogens (primary N) is 1. The maximum atomic E-state index is 5.87. The number of hydrogen-bond acceptors (Lipinski definition) is 2. The van der Waals surface area contributed by atoms with Crippen LogP contribution in [0.25, 0.3) is 0 Å². The van der Waals surface area contributed by atoms with Crippen LogP contribution in [-0.4, -0.2) is 22.3 Å². The Balaban J connectivity index is 1.88. The summed E-state index contributed by atoms with van der Waals surface area (Å²) in [6, 6.07) is 6.13. The normalized spacial score (nSPS) is 11.7. The van der Waals surface area contributed by atoms with Gasteiger partial charge >= 0.3 is 0 Å². The van der Waals surface area contributed by atoms with E-state index in [0.717, 1.165) is 17.8 Å². The van der Waals surface area contributed by atoms with Crippen molar-refractivity contribution in [2.75, 3.05) is 11.9 Å². The molecular formula is C15H21N5. The zero-order valence-corrected chi connectivity index (χ0v) is 12.2. The maximum absolute atomic E-state index is 5.87. The van der Waals surface area contributed by atoms with E-state index in [1.165, 1.54) is 11.1 Å². The molecule has 0 saturated carbocycles. The predicted molar refractivity (Wildman–Crippen MR) is 83.0 cm³/mol. The summed E-state index contributed by atoms with van der Waals surface area (Å²) in [4.78, 5) is 4.30. The summed E-state index contributed by atoms with van der Waals surface area (Å²) < 4.78 is 1.86. The number of aryl methyl sites for hydroxylation is 3. The van der Waals surface area contributed by atoms with E-state index in [9.17, 15) is 0 Å². The van der Waals surface area contributed by atoms with Crippen LogP contribution in [0.5, 0.6) is 0 Å². The van der Waals surface area contributed by atoms with Crippen LogP contribution in [0.15, 0.2) is 35.6 Å². The van der Waals surface area contributed by atoms with Gasteiger partial charge in [0.15, 0.2) is 5.96 Å². The Morgan fingerprint density at radius 2 is 2.10 bits per heavy atom. The molecule has 0 saturated heterocycles. The number of benzene rings is 1. The summed E-state index contributed by atoms with van der Waals surface area (Å²) in [5, 5.41) is 7.30. The zero-order valence-electron chi connectivity index (χ0n) is 12.2. The molecule has 1 aromatic carbocycles. The average molecular weight is 271 g/mol. The third kappa shape index (κ3) is 3.85. The van der Waals surface area contributed by atoms with E-state index >= 15 is 0 Å². The van der Waals surface area contributed by atoms with Crippen LogP contribution in [0.2, 0.25) is 0 Å². The Hall–Kier alpha value is -2.30. The smallest absolute Gasteiger partial charge is 0.193 e. The van der Waals surface area contributed by atoms with Crippen LogP contribution in [-0.2, 0) is 6.54 Å². The summed E-state index contributed by atoms with van der Waals surface area (Å²) >= 11 is 0. The van der Waals surface area contributed by atoms with Gasteiger partial charge in [-0.05, 0) is 49.6 Å². The first-order valence-electron chi connectivity index (χ1n) is 6.68. The molecule has 0 unspecified atom stereocenters. The molecule has 5 nitrogen and oxygen atoms in total. The second kappa shape index (κ2) is 6.23. The highest BCUT2D eigenvalue weighted by Gasteiger charge is 1.98. The van der Waals surface area contributed by atoms with Crippen LogP contribution in [0.1, 0.15) is 16.7 Å². The molecule has 0 fully saturated rings. The first kappa shape index (κ1) is 14.1. The molecule has 3 N–H and O–H groups in total. The van der Waals surface area contributed by atoms with Gasteiger partial charge in [0, 0.05) is 11.9 Å². The molecule has 1 aromatic heterocycles. The average Bonchev–Trinajstić information content (AvgIpc) is 2.80. The standard InChI is InChI=1S/C15H21N5/c1-11-9-18-20(10-11)7-6-17-15(16)19-14-5-4-12(2)13(3)8-14/h4-5,8-10H,6-7H2,1-3H3,(H3,16,17,19). The second-order valence-electron chi connectivity index (χ2n) is 4.97. The van der Waals surface area contributed by atoms with Crippen LogP contribution < -0.4 is 11.1 Å². The lowest BCUT2D eigenvalue weighted by Crippen LogP contribution is -2.23. The lowest BCUT2D eigenvalue weighted by Gasteiger charge is -2.08. The Labute approximate surface area is 119 Å². The molecule has 2 aromatic rings. The fourth-order valence-corrected chi connectivity index (χ4v) is 1.87. The highest BCUT2D eigenvalue weighted by molar-refractivity contribution is 5.92. The fourth-order valence-electron chi connectivity index (χ4n) is 1.87. The summed E-state index contributed by atoms with van der Waals surface area (Å²) in [6.07, 6.45) is 3.82. The lowest BCUT2D eigenvalue weighted by atomic mass is 10.1. The largest absolute Gasteiger partial charge is 0.370 e. The minimum atomic E-state index is 0.428. The van der Waals surface area contributed by atoms with E-state index in [4.69, 9.17) is 5.73 Å². The van der Waals surface area contributed by atoms with Crippen molar-refractivity contribution in [3.63, 3.8) is 0 Å². The fraction of sp³-hybridized carbons (Fsp3) is 0.333. The topological polar surface area (TPSA) is 68.2 Å². The summed E-state index contributed by atoms with van der Waals surface area (Å²) in [6.45, 7) is 7.51. The third-order valence-corrected chi connectivity index (χ3v) is 3.15. The monoisotopic (exact) mass is 271 g/mol. The summed E-state index contributed by atoms with van der Waals surface area (Å²) in [5.41, 5.74) is 10.5. The van der Waals surface area contributed by atoms with Gasteiger partial charge in [0.1, 0.15) is 0 Å². The van der Waals surface area contributed by atoms with Gasteiger partial charge in [-0.1, -0.05) is 6.07 Å². The van der Waals surface area contributed by atoms with E-state index in [1.807, 2.05) is 30.1 Å².